The van der Waals surface area contributed by atoms with Crippen LogP contribution in [0.15, 0.2) is 30.7 Å². The smallest absolute Gasteiger partial charge is 0.255 e. The molecule has 1 amide bonds. The van der Waals surface area contributed by atoms with Crippen LogP contribution in [-0.2, 0) is 0 Å². The molecule has 0 spiro atoms. The zero-order valence-electron chi connectivity index (χ0n) is 12.6. The number of anilines is 1. The van der Waals surface area contributed by atoms with Crippen molar-refractivity contribution in [3.63, 3.8) is 0 Å². The van der Waals surface area contributed by atoms with Crippen molar-refractivity contribution in [1.29, 1.82) is 0 Å². The summed E-state index contributed by atoms with van der Waals surface area (Å²) in [7, 11) is 1.57. The molecule has 1 aliphatic heterocycles. The van der Waals surface area contributed by atoms with Crippen LogP contribution >= 0.6 is 11.6 Å². The summed E-state index contributed by atoms with van der Waals surface area (Å²) in [5.41, 5.74) is 0.479. The number of hydrogen-bond acceptors (Lipinski definition) is 6. The highest BCUT2D eigenvalue weighted by atomic mass is 35.5. The van der Waals surface area contributed by atoms with E-state index in [0.717, 1.165) is 0 Å². The first kappa shape index (κ1) is 15.5. The maximum atomic E-state index is 12.5. The zero-order chi connectivity index (χ0) is 16.2. The van der Waals surface area contributed by atoms with Crippen LogP contribution < -0.4 is 9.64 Å². The van der Waals surface area contributed by atoms with Gasteiger partial charge in [0.25, 0.3) is 5.91 Å². The number of methoxy groups -OCH3 is 1. The topological polar surface area (TPSA) is 71.5 Å². The van der Waals surface area contributed by atoms with Gasteiger partial charge in [-0.15, -0.1) is 0 Å². The summed E-state index contributed by atoms with van der Waals surface area (Å²) < 4.78 is 5.11. The van der Waals surface area contributed by atoms with Crippen LogP contribution in [0.2, 0.25) is 5.02 Å². The zero-order valence-corrected chi connectivity index (χ0v) is 13.4. The number of aromatic nitrogens is 3. The third-order valence-corrected chi connectivity index (χ3v) is 3.98. The Kier molecular flexibility index (Phi) is 4.57. The lowest BCUT2D eigenvalue weighted by Gasteiger charge is -2.34. The number of pyridine rings is 1. The van der Waals surface area contributed by atoms with Crippen LogP contribution in [0.25, 0.3) is 0 Å². The molecule has 3 rings (SSSR count). The highest BCUT2D eigenvalue weighted by Crippen LogP contribution is 2.19. The molecule has 1 saturated heterocycles. The molecule has 2 aromatic heterocycles. The molecule has 0 aromatic carbocycles. The van der Waals surface area contributed by atoms with E-state index in [1.807, 2.05) is 4.90 Å². The summed E-state index contributed by atoms with van der Waals surface area (Å²) in [6.45, 7) is 2.47. The highest BCUT2D eigenvalue weighted by molar-refractivity contribution is 6.33. The number of carbonyl (C=O) groups is 1. The van der Waals surface area contributed by atoms with Crippen molar-refractivity contribution in [3.05, 3.63) is 41.3 Å². The van der Waals surface area contributed by atoms with Gasteiger partial charge in [0.2, 0.25) is 11.8 Å². The van der Waals surface area contributed by atoms with Crippen LogP contribution in [0, 0.1) is 0 Å². The highest BCUT2D eigenvalue weighted by Gasteiger charge is 2.24. The number of amides is 1. The Hall–Kier alpha value is -2.41. The Bertz CT molecular complexity index is 704. The first-order chi connectivity index (χ1) is 11.2. The Morgan fingerprint density at radius 3 is 2.70 bits per heavy atom. The van der Waals surface area contributed by atoms with Gasteiger partial charge in [-0.25, -0.2) is 4.98 Å². The summed E-state index contributed by atoms with van der Waals surface area (Å²) in [6.07, 6.45) is 4.71. The van der Waals surface area contributed by atoms with Crippen LogP contribution in [-0.4, -0.2) is 59.0 Å². The van der Waals surface area contributed by atoms with E-state index in [1.54, 1.807) is 36.5 Å². The van der Waals surface area contributed by atoms with E-state index in [1.165, 1.54) is 6.20 Å². The van der Waals surface area contributed by atoms with Gasteiger partial charge in [0.1, 0.15) is 0 Å². The average Bonchev–Trinajstić information content (AvgIpc) is 2.62. The van der Waals surface area contributed by atoms with Gasteiger partial charge in [0, 0.05) is 50.8 Å². The quantitative estimate of drug-likeness (QED) is 0.847. The summed E-state index contributed by atoms with van der Waals surface area (Å²) in [4.78, 5) is 28.8. The van der Waals surface area contributed by atoms with Crippen LogP contribution in [0.1, 0.15) is 10.4 Å². The molecule has 23 heavy (non-hydrogen) atoms. The number of carbonyl (C=O) groups excluding carboxylic acids is 1. The molecule has 1 aliphatic rings. The molecular weight excluding hydrogens is 318 g/mol. The van der Waals surface area contributed by atoms with E-state index in [2.05, 4.69) is 15.0 Å². The Balaban J connectivity index is 1.66. The lowest BCUT2D eigenvalue weighted by Crippen LogP contribution is -2.49. The van der Waals surface area contributed by atoms with Crippen molar-refractivity contribution >= 4 is 23.5 Å². The van der Waals surface area contributed by atoms with Gasteiger partial charge in [-0.2, -0.15) is 4.98 Å². The van der Waals surface area contributed by atoms with Crippen LogP contribution in [0.4, 0.5) is 5.95 Å². The molecule has 1 fully saturated rings. The monoisotopic (exact) mass is 333 g/mol. The second-order valence-electron chi connectivity index (χ2n) is 5.03. The normalized spacial score (nSPS) is 14.7. The summed E-state index contributed by atoms with van der Waals surface area (Å²) >= 11 is 6.04. The van der Waals surface area contributed by atoms with Crippen LogP contribution in [0.5, 0.6) is 5.88 Å². The van der Waals surface area contributed by atoms with E-state index in [0.29, 0.717) is 48.6 Å². The number of ether oxygens (including phenoxy) is 1. The molecule has 7 nitrogen and oxygen atoms in total. The third-order valence-electron chi connectivity index (χ3n) is 3.68. The summed E-state index contributed by atoms with van der Waals surface area (Å²) in [6, 6.07) is 3.34. The molecule has 8 heteroatoms. The average molecular weight is 334 g/mol. The van der Waals surface area contributed by atoms with E-state index < -0.39 is 0 Å². The number of nitrogens with zero attached hydrogens (tertiary/aromatic N) is 5. The van der Waals surface area contributed by atoms with Gasteiger partial charge >= 0.3 is 0 Å². The number of hydrogen-bond donors (Lipinski definition) is 0. The van der Waals surface area contributed by atoms with Crippen molar-refractivity contribution in [2.45, 2.75) is 0 Å². The SMILES string of the molecule is COc1ccnc(N2CCN(C(=O)c3ccncc3Cl)CC2)n1. The first-order valence-electron chi connectivity index (χ1n) is 7.20. The van der Waals surface area contributed by atoms with Crippen molar-refractivity contribution in [3.8, 4) is 5.88 Å². The second kappa shape index (κ2) is 6.78. The van der Waals surface area contributed by atoms with Gasteiger partial charge in [-0.1, -0.05) is 11.6 Å². The summed E-state index contributed by atoms with van der Waals surface area (Å²) in [5, 5.41) is 0.371. The minimum atomic E-state index is -0.0800. The van der Waals surface area contributed by atoms with Crippen molar-refractivity contribution in [2.75, 3.05) is 38.2 Å². The van der Waals surface area contributed by atoms with Gasteiger partial charge in [0.05, 0.1) is 17.7 Å². The fourth-order valence-corrected chi connectivity index (χ4v) is 2.63. The Labute approximate surface area is 138 Å². The van der Waals surface area contributed by atoms with Crippen LogP contribution in [0.3, 0.4) is 0 Å². The number of rotatable bonds is 3. The minimum Gasteiger partial charge on any atom is -0.481 e. The van der Waals surface area contributed by atoms with Crippen molar-refractivity contribution in [2.24, 2.45) is 0 Å². The molecule has 0 radical (unpaired) electrons. The van der Waals surface area contributed by atoms with Gasteiger partial charge in [-0.05, 0) is 6.07 Å². The van der Waals surface area contributed by atoms with Gasteiger partial charge < -0.3 is 14.5 Å². The lowest BCUT2D eigenvalue weighted by atomic mass is 10.2. The number of halogens is 1. The fraction of sp³-hybridized carbons (Fsp3) is 0.333. The molecule has 0 bridgehead atoms. The predicted octanol–water partition coefficient (Wildman–Crippen LogP) is 1.50. The van der Waals surface area contributed by atoms with Crippen molar-refractivity contribution in [1.82, 2.24) is 19.9 Å². The maximum Gasteiger partial charge on any atom is 0.255 e. The predicted molar refractivity (Wildman–Crippen MR) is 85.9 cm³/mol. The third kappa shape index (κ3) is 3.34. The van der Waals surface area contributed by atoms with Gasteiger partial charge in [-0.3, -0.25) is 9.78 Å². The summed E-state index contributed by atoms with van der Waals surface area (Å²) in [5.74, 6) is 1.05. The molecule has 0 saturated carbocycles. The number of piperazine rings is 1. The molecule has 2 aromatic rings. The largest absolute Gasteiger partial charge is 0.481 e. The Morgan fingerprint density at radius 2 is 2.00 bits per heavy atom. The molecule has 3 heterocycles. The van der Waals surface area contributed by atoms with Crippen molar-refractivity contribution < 1.29 is 9.53 Å². The Morgan fingerprint density at radius 1 is 1.22 bits per heavy atom. The van der Waals surface area contributed by atoms with E-state index in [-0.39, 0.29) is 5.91 Å². The molecule has 0 N–H and O–H groups in total. The maximum absolute atomic E-state index is 12.5. The standard InChI is InChI=1S/C15H16ClN5O2/c1-23-13-3-5-18-15(19-13)21-8-6-20(7-9-21)14(22)11-2-4-17-10-12(11)16/h2-5,10H,6-9H2,1H3. The molecular formula is C15H16ClN5O2. The first-order valence-corrected chi connectivity index (χ1v) is 7.57. The molecule has 120 valence electrons. The second-order valence-corrected chi connectivity index (χ2v) is 5.44. The van der Waals surface area contributed by atoms with Gasteiger partial charge in [0.15, 0.2) is 0 Å². The molecule has 0 atom stereocenters. The van der Waals surface area contributed by atoms with E-state index >= 15 is 0 Å². The van der Waals surface area contributed by atoms with E-state index in [9.17, 15) is 4.79 Å². The van der Waals surface area contributed by atoms with E-state index in [4.69, 9.17) is 16.3 Å². The molecule has 0 unspecified atom stereocenters. The minimum absolute atomic E-state index is 0.0800. The lowest BCUT2D eigenvalue weighted by molar-refractivity contribution is 0.0746. The fourth-order valence-electron chi connectivity index (χ4n) is 2.43. The molecule has 0 aliphatic carbocycles.